The summed E-state index contributed by atoms with van der Waals surface area (Å²) in [6.45, 7) is 0.687. The number of ether oxygens (including phenoxy) is 1. The van der Waals surface area contributed by atoms with E-state index in [0.717, 1.165) is 38.5 Å². The summed E-state index contributed by atoms with van der Waals surface area (Å²) in [5.74, 6) is -0.350. The average Bonchev–Trinajstić information content (AvgIpc) is 2.42. The molecule has 7 heteroatoms. The van der Waals surface area contributed by atoms with E-state index in [1.54, 1.807) is 0 Å². The highest BCUT2D eigenvalue weighted by Gasteiger charge is 2.06. The third-order valence-electron chi connectivity index (χ3n) is 2.96. The van der Waals surface area contributed by atoms with E-state index in [2.05, 4.69) is 18.4 Å². The third-order valence-corrected chi connectivity index (χ3v) is 3.79. The summed E-state index contributed by atoms with van der Waals surface area (Å²) in [5.41, 5.74) is 0. The van der Waals surface area contributed by atoms with Crippen molar-refractivity contribution in [1.29, 1.82) is 0 Å². The van der Waals surface area contributed by atoms with Gasteiger partial charge < -0.3 is 19.0 Å². The summed E-state index contributed by atoms with van der Waals surface area (Å²) in [7, 11) is 0. The third kappa shape index (κ3) is 17.7. The minimum absolute atomic E-state index is 0.327. The molecule has 0 saturated carbocycles. The predicted molar refractivity (Wildman–Crippen MR) is 87.4 cm³/mol. The molecule has 0 bridgehead atoms. The Morgan fingerprint density at radius 3 is 1.81 bits per heavy atom. The van der Waals surface area contributed by atoms with Crippen molar-refractivity contribution in [2.45, 2.75) is 57.8 Å². The number of unbranched alkanes of at least 4 members (excludes halogenated alkanes) is 8. The number of rotatable bonds is 14. The quantitative estimate of drug-likeness (QED) is 0.219. The largest absolute Gasteiger partial charge is 0.463 e. The van der Waals surface area contributed by atoms with Crippen molar-refractivity contribution >= 4 is 24.5 Å². The smallest absolute Gasteiger partial charge is 0.330 e. The maximum absolute atomic E-state index is 10.8. The van der Waals surface area contributed by atoms with Gasteiger partial charge >= 0.3 is 12.7 Å². The zero-order valence-electron chi connectivity index (χ0n) is 12.5. The molecule has 0 aliphatic carbocycles. The van der Waals surface area contributed by atoms with Crippen molar-refractivity contribution < 1.29 is 23.8 Å². The van der Waals surface area contributed by atoms with Crippen LogP contribution in [-0.2, 0) is 25.9 Å². The van der Waals surface area contributed by atoms with Gasteiger partial charge in [-0.25, -0.2) is 4.79 Å². The molecule has 0 aromatic rings. The van der Waals surface area contributed by atoms with Crippen LogP contribution >= 0.6 is 6.72 Å². The van der Waals surface area contributed by atoms with Gasteiger partial charge in [-0.1, -0.05) is 51.5 Å². The lowest BCUT2D eigenvalue weighted by molar-refractivity contribution is -0.137. The van der Waals surface area contributed by atoms with Crippen LogP contribution in [0.15, 0.2) is 12.7 Å². The number of hydrogen-bond acceptors (Lipinski definition) is 4. The summed E-state index contributed by atoms with van der Waals surface area (Å²) in [5, 5.41) is 0. The number of carbonyl (C=O) groups is 1. The number of hydrogen-bond donors (Lipinski definition) is 2. The Morgan fingerprint density at radius 2 is 1.38 bits per heavy atom. The first-order valence-corrected chi connectivity index (χ1v) is 10.1. The van der Waals surface area contributed by atoms with Gasteiger partial charge in [-0.3, -0.25) is 0 Å². The Balaban J connectivity index is 3.11. The molecule has 21 heavy (non-hydrogen) atoms. The molecule has 5 nitrogen and oxygen atoms in total. The van der Waals surface area contributed by atoms with Crippen LogP contribution in [0.3, 0.4) is 0 Å². The van der Waals surface area contributed by atoms with Crippen molar-refractivity contribution in [2.75, 3.05) is 13.2 Å². The van der Waals surface area contributed by atoms with Gasteiger partial charge in [-0.2, -0.15) is 0 Å². The first-order valence-electron chi connectivity index (χ1n) is 7.45. The molecule has 0 aliphatic rings. The van der Waals surface area contributed by atoms with Crippen molar-refractivity contribution in [3.63, 3.8) is 0 Å². The van der Waals surface area contributed by atoms with Gasteiger partial charge in [0.05, 0.1) is 13.2 Å². The lowest BCUT2D eigenvalue weighted by Gasteiger charge is -2.07. The van der Waals surface area contributed by atoms with Crippen LogP contribution < -0.4 is 0 Å². The predicted octanol–water partition coefficient (Wildman–Crippen LogP) is 3.45. The van der Waals surface area contributed by atoms with E-state index in [9.17, 15) is 4.79 Å². The minimum Gasteiger partial charge on any atom is -0.463 e. The van der Waals surface area contributed by atoms with Gasteiger partial charge in [0.1, 0.15) is 0 Å². The van der Waals surface area contributed by atoms with Crippen LogP contribution in [0.4, 0.5) is 0 Å². The summed E-state index contributed by atoms with van der Waals surface area (Å²) in [6.07, 6.45) is 10.9. The normalized spacial score (nSPS) is 11.3. The van der Waals surface area contributed by atoms with Crippen molar-refractivity contribution in [1.82, 2.24) is 0 Å². The average molecular weight is 338 g/mol. The first kappa shape index (κ1) is 20.7. The van der Waals surface area contributed by atoms with Crippen LogP contribution in [0.1, 0.15) is 57.8 Å². The molecular weight excluding hydrogens is 311 g/mol. The van der Waals surface area contributed by atoms with E-state index in [-0.39, 0.29) is 5.97 Å². The van der Waals surface area contributed by atoms with Gasteiger partial charge in [0.15, 0.2) is 0 Å². The topological polar surface area (TPSA) is 76.0 Å². The molecule has 0 saturated heterocycles. The maximum Gasteiger partial charge on any atom is 0.330 e. The fourth-order valence-electron chi connectivity index (χ4n) is 1.86. The van der Waals surface area contributed by atoms with E-state index in [0.29, 0.717) is 13.2 Å². The van der Waals surface area contributed by atoms with E-state index >= 15 is 0 Å². The standard InChI is InChI=1S/C14H27O5PS/c1-2-14(15)18-12-10-8-6-4-3-5-7-9-11-13-19-20(16,17)21/h2H,1,3-13H2,(H2,16,17,21). The minimum atomic E-state index is -3.46. The monoisotopic (exact) mass is 338 g/mol. The molecule has 0 amide bonds. The zero-order valence-corrected chi connectivity index (χ0v) is 14.2. The Morgan fingerprint density at radius 1 is 0.952 bits per heavy atom. The van der Waals surface area contributed by atoms with E-state index < -0.39 is 6.72 Å². The van der Waals surface area contributed by atoms with Crippen LogP contribution in [0.5, 0.6) is 0 Å². The van der Waals surface area contributed by atoms with Crippen LogP contribution in [0.25, 0.3) is 0 Å². The second kappa shape index (κ2) is 13.4. The van der Waals surface area contributed by atoms with E-state index in [1.807, 2.05) is 0 Å². The summed E-state index contributed by atoms with van der Waals surface area (Å²) >= 11 is 4.35. The SMILES string of the molecule is C=CC(=O)OCCCCCCCCCCCOP(O)(O)=S. The van der Waals surface area contributed by atoms with Gasteiger partial charge in [0.25, 0.3) is 0 Å². The van der Waals surface area contributed by atoms with Gasteiger partial charge in [0.2, 0.25) is 0 Å². The van der Waals surface area contributed by atoms with E-state index in [1.165, 1.54) is 25.3 Å². The summed E-state index contributed by atoms with van der Waals surface area (Å²) in [4.78, 5) is 28.5. The maximum atomic E-state index is 10.8. The Bertz CT molecular complexity index is 329. The highest BCUT2D eigenvalue weighted by molar-refractivity contribution is 8.06. The van der Waals surface area contributed by atoms with Crippen molar-refractivity contribution in [3.8, 4) is 0 Å². The molecule has 0 fully saturated rings. The summed E-state index contributed by atoms with van der Waals surface area (Å²) < 4.78 is 9.62. The number of esters is 1. The Kier molecular flexibility index (Phi) is 13.2. The van der Waals surface area contributed by atoms with Crippen LogP contribution in [0, 0.1) is 0 Å². The van der Waals surface area contributed by atoms with Gasteiger partial charge in [0, 0.05) is 6.08 Å². The lowest BCUT2D eigenvalue weighted by Crippen LogP contribution is -2.01. The highest BCUT2D eigenvalue weighted by Crippen LogP contribution is 2.36. The molecule has 0 heterocycles. The second-order valence-corrected chi connectivity index (χ2v) is 7.54. The zero-order chi connectivity index (χ0) is 16.0. The molecule has 0 aliphatic heterocycles. The van der Waals surface area contributed by atoms with Gasteiger partial charge in [-0.15, -0.1) is 0 Å². The summed E-state index contributed by atoms with van der Waals surface area (Å²) in [6, 6.07) is 0. The van der Waals surface area contributed by atoms with Crippen molar-refractivity contribution in [3.05, 3.63) is 12.7 Å². The van der Waals surface area contributed by atoms with E-state index in [4.69, 9.17) is 19.0 Å². The van der Waals surface area contributed by atoms with Crippen LogP contribution in [0.2, 0.25) is 0 Å². The Hall–Kier alpha value is -0.260. The van der Waals surface area contributed by atoms with Crippen molar-refractivity contribution in [2.24, 2.45) is 0 Å². The molecule has 0 spiro atoms. The molecular formula is C14H27O5PS. The molecule has 0 aromatic heterocycles. The van der Waals surface area contributed by atoms with Crippen LogP contribution in [-0.4, -0.2) is 29.0 Å². The molecule has 0 atom stereocenters. The molecule has 124 valence electrons. The van der Waals surface area contributed by atoms with Gasteiger partial charge in [-0.05, 0) is 24.6 Å². The highest BCUT2D eigenvalue weighted by atomic mass is 32.5. The molecule has 0 radical (unpaired) electrons. The Labute approximate surface area is 132 Å². The number of carbonyl (C=O) groups excluding carboxylic acids is 1. The fraction of sp³-hybridized carbons (Fsp3) is 0.786. The molecule has 0 unspecified atom stereocenters. The lowest BCUT2D eigenvalue weighted by atomic mass is 10.1. The molecule has 0 aromatic carbocycles. The fourth-order valence-corrected chi connectivity index (χ4v) is 2.45. The second-order valence-electron chi connectivity index (χ2n) is 4.88. The molecule has 0 rings (SSSR count). The first-order chi connectivity index (χ1) is 9.95. The molecule has 2 N–H and O–H groups in total.